The lowest BCUT2D eigenvalue weighted by Crippen LogP contribution is -2.29. The molecule has 1 aromatic rings. The van der Waals surface area contributed by atoms with E-state index in [2.05, 4.69) is 31.5 Å². The Kier molecular flexibility index (Phi) is 4.06. The monoisotopic (exact) mass is 300 g/mol. The molecule has 1 aliphatic heterocycles. The van der Waals surface area contributed by atoms with Crippen molar-refractivity contribution in [3.8, 4) is 0 Å². The molecule has 0 aromatic heterocycles. The van der Waals surface area contributed by atoms with Crippen LogP contribution >= 0.6 is 15.9 Å². The molecule has 1 aromatic carbocycles. The van der Waals surface area contributed by atoms with E-state index in [0.717, 1.165) is 25.9 Å². The van der Waals surface area contributed by atoms with Crippen LogP contribution in [0.5, 0.6) is 0 Å². The first-order valence-electron chi connectivity index (χ1n) is 5.53. The lowest BCUT2D eigenvalue weighted by atomic mass is 10.1. The van der Waals surface area contributed by atoms with Crippen LogP contribution in [0.4, 0.5) is 15.8 Å². The van der Waals surface area contributed by atoms with Crippen LogP contribution in [0, 0.1) is 5.82 Å². The second kappa shape index (κ2) is 5.55. The van der Waals surface area contributed by atoms with Gasteiger partial charge in [-0.2, -0.15) is 10.2 Å². The molecule has 3 N–H and O–H groups in total. The molecular formula is C11H14BrFN4. The minimum Gasteiger partial charge on any atom is -0.397 e. The molecule has 1 aliphatic rings. The van der Waals surface area contributed by atoms with Crippen LogP contribution in [0.25, 0.3) is 0 Å². The van der Waals surface area contributed by atoms with Crippen molar-refractivity contribution in [1.82, 2.24) is 5.32 Å². The minimum absolute atomic E-state index is 0.131. The molecule has 1 heterocycles. The Morgan fingerprint density at radius 2 is 2.06 bits per heavy atom. The number of piperidine rings is 1. The average molecular weight is 301 g/mol. The van der Waals surface area contributed by atoms with Crippen molar-refractivity contribution < 1.29 is 4.39 Å². The zero-order valence-electron chi connectivity index (χ0n) is 9.29. The molecule has 0 aliphatic carbocycles. The van der Waals surface area contributed by atoms with Gasteiger partial charge in [0, 0.05) is 4.47 Å². The largest absolute Gasteiger partial charge is 0.397 e. The van der Waals surface area contributed by atoms with Gasteiger partial charge in [0.25, 0.3) is 0 Å². The first kappa shape index (κ1) is 12.4. The van der Waals surface area contributed by atoms with Crippen LogP contribution in [-0.2, 0) is 0 Å². The Labute approximate surface area is 108 Å². The van der Waals surface area contributed by atoms with Crippen LogP contribution in [0.15, 0.2) is 26.8 Å². The van der Waals surface area contributed by atoms with Gasteiger partial charge in [-0.05, 0) is 38.1 Å². The first-order chi connectivity index (χ1) is 8.16. The molecule has 17 heavy (non-hydrogen) atoms. The number of nitrogens with one attached hydrogen (secondary N) is 1. The summed E-state index contributed by atoms with van der Waals surface area (Å²) in [6.45, 7) is 1.87. The smallest absolute Gasteiger partial charge is 0.153 e. The second-order valence-corrected chi connectivity index (χ2v) is 4.94. The molecule has 0 saturated carbocycles. The van der Waals surface area contributed by atoms with Gasteiger partial charge in [0.1, 0.15) is 5.69 Å². The highest BCUT2D eigenvalue weighted by Crippen LogP contribution is 2.30. The van der Waals surface area contributed by atoms with E-state index in [9.17, 15) is 4.39 Å². The molecule has 92 valence electrons. The first-order valence-corrected chi connectivity index (χ1v) is 6.32. The number of nitrogen functional groups attached to an aromatic ring is 1. The normalized spacial score (nSPS) is 17.8. The number of rotatable bonds is 2. The maximum absolute atomic E-state index is 13.6. The van der Waals surface area contributed by atoms with E-state index in [-0.39, 0.29) is 11.7 Å². The van der Waals surface area contributed by atoms with Gasteiger partial charge >= 0.3 is 0 Å². The Hall–Kier alpha value is -1.01. The third-order valence-corrected chi connectivity index (χ3v) is 3.15. The van der Waals surface area contributed by atoms with E-state index >= 15 is 0 Å². The van der Waals surface area contributed by atoms with Gasteiger partial charge in [-0.3, -0.25) is 0 Å². The Morgan fingerprint density at radius 3 is 2.71 bits per heavy atom. The summed E-state index contributed by atoms with van der Waals surface area (Å²) in [5.74, 6) is -0.449. The molecule has 0 radical (unpaired) electrons. The molecule has 1 saturated heterocycles. The van der Waals surface area contributed by atoms with E-state index in [1.54, 1.807) is 6.07 Å². The molecule has 0 bridgehead atoms. The Morgan fingerprint density at radius 1 is 1.35 bits per heavy atom. The van der Waals surface area contributed by atoms with Crippen molar-refractivity contribution in [3.63, 3.8) is 0 Å². The van der Waals surface area contributed by atoms with Crippen molar-refractivity contribution in [2.45, 2.75) is 18.9 Å². The van der Waals surface area contributed by atoms with E-state index < -0.39 is 5.82 Å². The quantitative estimate of drug-likeness (QED) is 0.651. The highest BCUT2D eigenvalue weighted by atomic mass is 79.9. The number of nitrogens with zero attached hydrogens (tertiary/aromatic N) is 2. The number of anilines is 1. The molecule has 4 nitrogen and oxygen atoms in total. The zero-order valence-corrected chi connectivity index (χ0v) is 10.9. The van der Waals surface area contributed by atoms with Crippen molar-refractivity contribution in [2.24, 2.45) is 10.2 Å². The molecule has 0 unspecified atom stereocenters. The fourth-order valence-corrected chi connectivity index (χ4v) is 2.20. The van der Waals surface area contributed by atoms with E-state index in [1.807, 2.05) is 0 Å². The third-order valence-electron chi connectivity index (χ3n) is 2.69. The zero-order chi connectivity index (χ0) is 12.3. The van der Waals surface area contributed by atoms with Gasteiger partial charge in [-0.25, -0.2) is 4.39 Å². The van der Waals surface area contributed by atoms with Gasteiger partial charge in [0.05, 0.1) is 11.7 Å². The predicted octanol–water partition coefficient (Wildman–Crippen LogP) is 3.01. The highest BCUT2D eigenvalue weighted by molar-refractivity contribution is 9.10. The summed E-state index contributed by atoms with van der Waals surface area (Å²) in [6, 6.07) is 3.13. The lowest BCUT2D eigenvalue weighted by molar-refractivity contribution is 0.448. The van der Waals surface area contributed by atoms with Gasteiger partial charge in [0.2, 0.25) is 0 Å². The topological polar surface area (TPSA) is 62.8 Å². The number of hydrogen-bond donors (Lipinski definition) is 2. The molecule has 0 amide bonds. The highest BCUT2D eigenvalue weighted by Gasteiger charge is 2.13. The number of azo groups is 1. The summed E-state index contributed by atoms with van der Waals surface area (Å²) >= 11 is 3.17. The van der Waals surface area contributed by atoms with Gasteiger partial charge in [0.15, 0.2) is 5.82 Å². The summed E-state index contributed by atoms with van der Waals surface area (Å²) in [5, 5.41) is 11.3. The molecule has 2 rings (SSSR count). The fraction of sp³-hybridized carbons (Fsp3) is 0.455. The van der Waals surface area contributed by atoms with Gasteiger partial charge in [-0.15, -0.1) is 0 Å². The fourth-order valence-electron chi connectivity index (χ4n) is 1.75. The van der Waals surface area contributed by atoms with Gasteiger partial charge < -0.3 is 11.1 Å². The Balaban J connectivity index is 2.14. The second-order valence-electron chi connectivity index (χ2n) is 4.02. The number of hydrogen-bond acceptors (Lipinski definition) is 4. The lowest BCUT2D eigenvalue weighted by Gasteiger charge is -2.17. The molecule has 1 fully saturated rings. The van der Waals surface area contributed by atoms with Crippen LogP contribution < -0.4 is 11.1 Å². The van der Waals surface area contributed by atoms with Crippen molar-refractivity contribution in [1.29, 1.82) is 0 Å². The summed E-state index contributed by atoms with van der Waals surface area (Å²) in [7, 11) is 0. The molecule has 0 spiro atoms. The summed E-state index contributed by atoms with van der Waals surface area (Å²) < 4.78 is 14.2. The summed E-state index contributed by atoms with van der Waals surface area (Å²) in [5.41, 5.74) is 6.13. The number of nitrogens with two attached hydrogens (primary N) is 1. The Bertz CT molecular complexity index is 406. The molecule has 6 heteroatoms. The summed E-state index contributed by atoms with van der Waals surface area (Å²) in [4.78, 5) is 0. The van der Waals surface area contributed by atoms with Crippen molar-refractivity contribution in [3.05, 3.63) is 22.4 Å². The van der Waals surface area contributed by atoms with E-state index in [1.165, 1.54) is 6.07 Å². The van der Waals surface area contributed by atoms with Crippen molar-refractivity contribution in [2.75, 3.05) is 18.8 Å². The maximum Gasteiger partial charge on any atom is 0.153 e. The van der Waals surface area contributed by atoms with Crippen LogP contribution in [0.1, 0.15) is 12.8 Å². The maximum atomic E-state index is 13.6. The average Bonchev–Trinajstić information content (AvgIpc) is 2.29. The van der Waals surface area contributed by atoms with E-state index in [0.29, 0.717) is 10.2 Å². The summed E-state index contributed by atoms with van der Waals surface area (Å²) in [6.07, 6.45) is 1.86. The standard InChI is InChI=1S/C11H14BrFN4/c12-7-5-9(13)11(10(14)6-7)17-16-8-1-3-15-4-2-8/h5-6,8,15H,1-4,14H2. The van der Waals surface area contributed by atoms with Crippen LogP contribution in [0.3, 0.4) is 0 Å². The third kappa shape index (κ3) is 3.23. The van der Waals surface area contributed by atoms with Gasteiger partial charge in [-0.1, -0.05) is 15.9 Å². The van der Waals surface area contributed by atoms with E-state index in [4.69, 9.17) is 5.73 Å². The SMILES string of the molecule is Nc1cc(Br)cc(F)c1N=NC1CCNCC1. The van der Waals surface area contributed by atoms with Crippen molar-refractivity contribution >= 4 is 27.3 Å². The van der Waals surface area contributed by atoms with Crippen LogP contribution in [-0.4, -0.2) is 19.1 Å². The molecule has 0 atom stereocenters. The van der Waals surface area contributed by atoms with Crippen LogP contribution in [0.2, 0.25) is 0 Å². The number of halogens is 2. The molecular weight excluding hydrogens is 287 g/mol. The predicted molar refractivity (Wildman–Crippen MR) is 68.9 cm³/mol. The number of benzene rings is 1. The minimum atomic E-state index is -0.449.